The van der Waals surface area contributed by atoms with Crippen LogP contribution in [0, 0.1) is 0 Å². The molecule has 6 nitrogen and oxygen atoms in total. The number of carboxylic acids is 1. The van der Waals surface area contributed by atoms with Crippen LogP contribution in [0.2, 0.25) is 10.0 Å². The summed E-state index contributed by atoms with van der Waals surface area (Å²) in [4.78, 5) is 23.9. The van der Waals surface area contributed by atoms with E-state index in [0.29, 0.717) is 41.8 Å². The van der Waals surface area contributed by atoms with Gasteiger partial charge in [0.15, 0.2) is 11.5 Å². The maximum Gasteiger partial charge on any atom is 0.335 e. The molecule has 178 valence electrons. The van der Waals surface area contributed by atoms with E-state index in [-0.39, 0.29) is 22.8 Å². The van der Waals surface area contributed by atoms with Crippen molar-refractivity contribution in [3.05, 3.63) is 97.4 Å². The van der Waals surface area contributed by atoms with E-state index in [4.69, 9.17) is 37.8 Å². The lowest BCUT2D eigenvalue weighted by Crippen LogP contribution is -2.26. The SMILES string of the molecule is C/C=C/c1ccc(OCC)c(OCc2c(Cl)cc(Cl)c(=O)n2CCc2ccc(C(=O)O)cc2)c1. The molecule has 0 unspecified atom stereocenters. The monoisotopic (exact) mass is 501 g/mol. The molecule has 0 aliphatic rings. The van der Waals surface area contributed by atoms with E-state index in [1.54, 1.807) is 12.1 Å². The lowest BCUT2D eigenvalue weighted by atomic mass is 10.1. The maximum atomic E-state index is 12.8. The average Bonchev–Trinajstić information content (AvgIpc) is 2.81. The van der Waals surface area contributed by atoms with Crippen molar-refractivity contribution in [1.29, 1.82) is 0 Å². The fourth-order valence-electron chi connectivity index (χ4n) is 3.43. The van der Waals surface area contributed by atoms with Crippen molar-refractivity contribution in [3.8, 4) is 11.5 Å². The lowest BCUT2D eigenvalue weighted by Gasteiger charge is -2.18. The zero-order valence-electron chi connectivity index (χ0n) is 18.9. The molecule has 0 fully saturated rings. The number of nitrogens with zero attached hydrogens (tertiary/aromatic N) is 1. The molecular formula is C26H25Cl2NO5. The molecule has 0 bridgehead atoms. The van der Waals surface area contributed by atoms with Crippen LogP contribution >= 0.6 is 23.2 Å². The van der Waals surface area contributed by atoms with Gasteiger partial charge in [-0.3, -0.25) is 4.79 Å². The number of aromatic nitrogens is 1. The van der Waals surface area contributed by atoms with E-state index in [2.05, 4.69) is 0 Å². The number of hydrogen-bond acceptors (Lipinski definition) is 4. The molecule has 0 atom stereocenters. The molecule has 0 saturated carbocycles. The number of allylic oxidation sites excluding steroid dienone is 1. The third kappa shape index (κ3) is 6.22. The number of benzene rings is 2. The van der Waals surface area contributed by atoms with Crippen molar-refractivity contribution >= 4 is 35.2 Å². The minimum Gasteiger partial charge on any atom is -0.490 e. The molecule has 2 aromatic carbocycles. The third-order valence-electron chi connectivity index (χ3n) is 5.12. The second kappa shape index (κ2) is 11.8. The van der Waals surface area contributed by atoms with Crippen LogP contribution in [-0.2, 0) is 19.6 Å². The Morgan fingerprint density at radius 2 is 1.76 bits per heavy atom. The van der Waals surface area contributed by atoms with Gasteiger partial charge in [-0.25, -0.2) is 4.79 Å². The normalized spacial score (nSPS) is 11.1. The predicted octanol–water partition coefficient (Wildman–Crippen LogP) is 6.11. The van der Waals surface area contributed by atoms with Gasteiger partial charge in [-0.05, 0) is 61.7 Å². The van der Waals surface area contributed by atoms with Crippen molar-refractivity contribution in [2.24, 2.45) is 0 Å². The minimum absolute atomic E-state index is 0.0139. The van der Waals surface area contributed by atoms with Crippen molar-refractivity contribution in [3.63, 3.8) is 0 Å². The number of pyridine rings is 1. The highest BCUT2D eigenvalue weighted by atomic mass is 35.5. The molecule has 8 heteroatoms. The Balaban J connectivity index is 1.87. The molecule has 0 spiro atoms. The summed E-state index contributed by atoms with van der Waals surface area (Å²) >= 11 is 12.6. The molecule has 0 radical (unpaired) electrons. The first-order valence-corrected chi connectivity index (χ1v) is 11.5. The fraction of sp³-hybridized carbons (Fsp3) is 0.231. The van der Waals surface area contributed by atoms with Crippen LogP contribution in [0.3, 0.4) is 0 Å². The van der Waals surface area contributed by atoms with Crippen molar-refractivity contribution in [2.75, 3.05) is 6.61 Å². The smallest absolute Gasteiger partial charge is 0.335 e. The van der Waals surface area contributed by atoms with Gasteiger partial charge in [0.2, 0.25) is 0 Å². The summed E-state index contributed by atoms with van der Waals surface area (Å²) in [6, 6.07) is 13.5. The van der Waals surface area contributed by atoms with Crippen LogP contribution in [-0.4, -0.2) is 22.2 Å². The zero-order chi connectivity index (χ0) is 24.7. The summed E-state index contributed by atoms with van der Waals surface area (Å²) in [6.07, 6.45) is 4.35. The molecule has 0 amide bonds. The first-order valence-electron chi connectivity index (χ1n) is 10.8. The summed E-state index contributed by atoms with van der Waals surface area (Å²) in [7, 11) is 0. The Morgan fingerprint density at radius 3 is 2.41 bits per heavy atom. The Bertz CT molecular complexity index is 1250. The highest BCUT2D eigenvalue weighted by molar-refractivity contribution is 6.34. The van der Waals surface area contributed by atoms with Crippen molar-refractivity contribution in [1.82, 2.24) is 4.57 Å². The largest absolute Gasteiger partial charge is 0.490 e. The van der Waals surface area contributed by atoms with Gasteiger partial charge in [0.25, 0.3) is 5.56 Å². The van der Waals surface area contributed by atoms with E-state index in [1.165, 1.54) is 22.8 Å². The summed E-state index contributed by atoms with van der Waals surface area (Å²) in [5, 5.41) is 9.40. The molecule has 1 heterocycles. The van der Waals surface area contributed by atoms with Gasteiger partial charge in [-0.15, -0.1) is 0 Å². The number of halogens is 2. The van der Waals surface area contributed by atoms with Crippen LogP contribution in [0.4, 0.5) is 0 Å². The summed E-state index contributed by atoms with van der Waals surface area (Å²) in [5.74, 6) is 0.133. The van der Waals surface area contributed by atoms with Gasteiger partial charge < -0.3 is 19.1 Å². The quantitative estimate of drug-likeness (QED) is 0.362. The molecular weight excluding hydrogens is 477 g/mol. The average molecular weight is 502 g/mol. The summed E-state index contributed by atoms with van der Waals surface area (Å²) in [6.45, 7) is 4.62. The predicted molar refractivity (Wildman–Crippen MR) is 134 cm³/mol. The highest BCUT2D eigenvalue weighted by Gasteiger charge is 2.15. The van der Waals surface area contributed by atoms with E-state index in [0.717, 1.165) is 11.1 Å². The molecule has 34 heavy (non-hydrogen) atoms. The second-order valence-electron chi connectivity index (χ2n) is 7.42. The Labute approximate surface area is 208 Å². The summed E-state index contributed by atoms with van der Waals surface area (Å²) in [5.41, 5.74) is 2.13. The molecule has 1 N–H and O–H groups in total. The van der Waals surface area contributed by atoms with Crippen molar-refractivity contribution < 1.29 is 19.4 Å². The molecule has 0 aliphatic carbocycles. The topological polar surface area (TPSA) is 77.8 Å². The van der Waals surface area contributed by atoms with Gasteiger partial charge >= 0.3 is 5.97 Å². The van der Waals surface area contributed by atoms with Gasteiger partial charge in [-0.2, -0.15) is 0 Å². The van der Waals surface area contributed by atoms with Crippen LogP contribution in [0.15, 0.2) is 59.4 Å². The molecule has 0 aliphatic heterocycles. The number of aromatic carboxylic acids is 1. The van der Waals surface area contributed by atoms with Crippen LogP contribution in [0.1, 0.15) is 41.0 Å². The molecule has 3 rings (SSSR count). The van der Waals surface area contributed by atoms with Gasteiger partial charge in [-0.1, -0.05) is 53.6 Å². The van der Waals surface area contributed by atoms with E-state index in [1.807, 2.05) is 44.2 Å². The standard InChI is InChI=1S/C26H25Cl2NO5/c1-3-5-18-8-11-23(33-4-2)24(14-18)34-16-22-20(27)15-21(28)25(30)29(22)13-12-17-6-9-19(10-7-17)26(31)32/h3,5-11,14-15H,4,12-13,16H2,1-2H3,(H,31,32)/b5-3+. The van der Waals surface area contributed by atoms with E-state index in [9.17, 15) is 9.59 Å². The van der Waals surface area contributed by atoms with E-state index < -0.39 is 5.97 Å². The van der Waals surface area contributed by atoms with Gasteiger partial charge in [0.1, 0.15) is 11.6 Å². The minimum atomic E-state index is -0.992. The van der Waals surface area contributed by atoms with Crippen LogP contribution in [0.5, 0.6) is 11.5 Å². The third-order valence-corrected chi connectivity index (χ3v) is 5.72. The maximum absolute atomic E-state index is 12.8. The number of rotatable bonds is 10. The van der Waals surface area contributed by atoms with Gasteiger partial charge in [0, 0.05) is 6.54 Å². The molecule has 0 saturated heterocycles. The number of hydrogen-bond donors (Lipinski definition) is 1. The van der Waals surface area contributed by atoms with Crippen molar-refractivity contribution in [2.45, 2.75) is 33.4 Å². The molecule has 1 aromatic heterocycles. The number of aryl methyl sites for hydroxylation is 1. The number of carbonyl (C=O) groups is 1. The Kier molecular flexibility index (Phi) is 8.79. The second-order valence-corrected chi connectivity index (χ2v) is 8.24. The molecule has 3 aromatic rings. The number of ether oxygens (including phenoxy) is 2. The van der Waals surface area contributed by atoms with Crippen LogP contribution in [0.25, 0.3) is 6.08 Å². The Morgan fingerprint density at radius 1 is 1.03 bits per heavy atom. The van der Waals surface area contributed by atoms with E-state index >= 15 is 0 Å². The first-order chi connectivity index (χ1) is 16.3. The van der Waals surface area contributed by atoms with Crippen LogP contribution < -0.4 is 15.0 Å². The Hall–Kier alpha value is -3.22. The van der Waals surface area contributed by atoms with Gasteiger partial charge in [0.05, 0.1) is 22.9 Å². The fourth-order valence-corrected chi connectivity index (χ4v) is 3.96. The number of carboxylic acid groups (broad SMARTS) is 1. The highest BCUT2D eigenvalue weighted by Crippen LogP contribution is 2.31. The zero-order valence-corrected chi connectivity index (χ0v) is 20.4. The summed E-state index contributed by atoms with van der Waals surface area (Å²) < 4.78 is 13.2. The lowest BCUT2D eigenvalue weighted by molar-refractivity contribution is 0.0697. The first kappa shape index (κ1) is 25.4.